The summed E-state index contributed by atoms with van der Waals surface area (Å²) in [6, 6.07) is 8.42. The van der Waals surface area contributed by atoms with E-state index >= 15 is 0 Å². The minimum absolute atomic E-state index is 0.277. The Balaban J connectivity index is 1.93. The second kappa shape index (κ2) is 3.91. The van der Waals surface area contributed by atoms with Gasteiger partial charge in [0.1, 0.15) is 0 Å². The molecule has 0 saturated carbocycles. The molecule has 0 bridgehead atoms. The minimum atomic E-state index is -0.277. The van der Waals surface area contributed by atoms with Gasteiger partial charge in [-0.05, 0) is 18.1 Å². The van der Waals surface area contributed by atoms with Gasteiger partial charge in [0, 0.05) is 0 Å². The first-order valence-corrected chi connectivity index (χ1v) is 6.45. The molecule has 2 heterocycles. The summed E-state index contributed by atoms with van der Waals surface area (Å²) in [5.41, 5.74) is 11.2. The van der Waals surface area contributed by atoms with E-state index in [1.165, 1.54) is 10.4 Å². The van der Waals surface area contributed by atoms with Crippen molar-refractivity contribution in [3.8, 4) is 10.4 Å². The first-order chi connectivity index (χ1) is 8.19. The van der Waals surface area contributed by atoms with Gasteiger partial charge in [-0.3, -0.25) is 0 Å². The Morgan fingerprint density at radius 2 is 2.00 bits per heavy atom. The molecule has 1 aromatic heterocycles. The van der Waals surface area contributed by atoms with E-state index < -0.39 is 0 Å². The molecular formula is C13H14N2OS. The maximum atomic E-state index is 6.19. The second-order valence-electron chi connectivity index (χ2n) is 4.49. The molecule has 1 aliphatic heterocycles. The Hall–Kier alpha value is -1.23. The zero-order valence-corrected chi connectivity index (χ0v) is 10.5. The van der Waals surface area contributed by atoms with Crippen LogP contribution in [0.25, 0.3) is 10.4 Å². The van der Waals surface area contributed by atoms with Gasteiger partial charge in [0.05, 0.1) is 34.8 Å². The lowest BCUT2D eigenvalue weighted by atomic mass is 9.88. The molecule has 0 amide bonds. The molecular weight excluding hydrogens is 232 g/mol. The summed E-state index contributed by atoms with van der Waals surface area (Å²) >= 11 is 1.67. The van der Waals surface area contributed by atoms with E-state index in [9.17, 15) is 0 Å². The van der Waals surface area contributed by atoms with Gasteiger partial charge in [-0.15, -0.1) is 11.3 Å². The largest absolute Gasteiger partial charge is 0.377 e. The molecule has 0 atom stereocenters. The van der Waals surface area contributed by atoms with Crippen LogP contribution < -0.4 is 5.73 Å². The lowest BCUT2D eigenvalue weighted by Gasteiger charge is -2.38. The molecule has 0 radical (unpaired) electrons. The Morgan fingerprint density at radius 1 is 1.29 bits per heavy atom. The third kappa shape index (κ3) is 1.78. The van der Waals surface area contributed by atoms with Crippen molar-refractivity contribution in [2.75, 3.05) is 13.2 Å². The molecule has 1 aromatic carbocycles. The lowest BCUT2D eigenvalue weighted by molar-refractivity contribution is -0.0569. The molecule has 1 aliphatic rings. The molecule has 1 fully saturated rings. The topological polar surface area (TPSA) is 48.1 Å². The number of aryl methyl sites for hydroxylation is 1. The zero-order chi connectivity index (χ0) is 11.9. The summed E-state index contributed by atoms with van der Waals surface area (Å²) in [4.78, 5) is 5.49. The summed E-state index contributed by atoms with van der Waals surface area (Å²) in [5.74, 6) is 0. The third-order valence-corrected chi connectivity index (χ3v) is 4.16. The first-order valence-electron chi connectivity index (χ1n) is 5.57. The van der Waals surface area contributed by atoms with E-state index in [0.717, 1.165) is 11.3 Å². The van der Waals surface area contributed by atoms with E-state index in [2.05, 4.69) is 29.2 Å². The second-order valence-corrected chi connectivity index (χ2v) is 5.35. The predicted molar refractivity (Wildman–Crippen MR) is 69.0 cm³/mol. The van der Waals surface area contributed by atoms with Gasteiger partial charge in [-0.2, -0.15) is 0 Å². The number of nitrogens with two attached hydrogens (primary N) is 1. The fourth-order valence-electron chi connectivity index (χ4n) is 2.02. The third-order valence-electron chi connectivity index (χ3n) is 3.19. The van der Waals surface area contributed by atoms with E-state index in [1.807, 2.05) is 12.4 Å². The van der Waals surface area contributed by atoms with Crippen molar-refractivity contribution in [3.05, 3.63) is 41.0 Å². The Morgan fingerprint density at radius 3 is 2.47 bits per heavy atom. The van der Waals surface area contributed by atoms with Crippen molar-refractivity contribution in [2.45, 2.75) is 12.5 Å². The van der Waals surface area contributed by atoms with E-state index in [4.69, 9.17) is 10.5 Å². The van der Waals surface area contributed by atoms with Crippen molar-refractivity contribution in [3.63, 3.8) is 0 Å². The fraction of sp³-hybridized carbons (Fsp3) is 0.308. The molecule has 3 nitrogen and oxygen atoms in total. The molecule has 3 rings (SSSR count). The molecule has 2 aromatic rings. The van der Waals surface area contributed by atoms with Crippen LogP contribution in [0.4, 0.5) is 0 Å². The summed E-state index contributed by atoms with van der Waals surface area (Å²) in [5, 5.41) is 0. The molecule has 0 aliphatic carbocycles. The average molecular weight is 246 g/mol. The Labute approximate surface area is 104 Å². The van der Waals surface area contributed by atoms with E-state index in [0.29, 0.717) is 13.2 Å². The van der Waals surface area contributed by atoms with Gasteiger partial charge >= 0.3 is 0 Å². The van der Waals surface area contributed by atoms with Gasteiger partial charge in [0.25, 0.3) is 0 Å². The quantitative estimate of drug-likeness (QED) is 0.884. The molecule has 0 unspecified atom stereocenters. The molecule has 1 saturated heterocycles. The van der Waals surface area contributed by atoms with Gasteiger partial charge < -0.3 is 10.5 Å². The van der Waals surface area contributed by atoms with Gasteiger partial charge in [0.2, 0.25) is 0 Å². The van der Waals surface area contributed by atoms with Gasteiger partial charge in [-0.1, -0.05) is 24.3 Å². The summed E-state index contributed by atoms with van der Waals surface area (Å²) in [6.07, 6.45) is 0. The number of benzene rings is 1. The van der Waals surface area contributed by atoms with Crippen LogP contribution in [0.2, 0.25) is 0 Å². The number of aromatic nitrogens is 1. The van der Waals surface area contributed by atoms with Crippen LogP contribution in [0.5, 0.6) is 0 Å². The van der Waals surface area contributed by atoms with E-state index in [-0.39, 0.29) is 5.54 Å². The van der Waals surface area contributed by atoms with Crippen LogP contribution in [0.15, 0.2) is 29.8 Å². The van der Waals surface area contributed by atoms with Crippen molar-refractivity contribution in [2.24, 2.45) is 5.73 Å². The smallest absolute Gasteiger partial charge is 0.0883 e. The van der Waals surface area contributed by atoms with Crippen LogP contribution >= 0.6 is 11.3 Å². The number of hydrogen-bond acceptors (Lipinski definition) is 4. The fourth-order valence-corrected chi connectivity index (χ4v) is 2.83. The average Bonchev–Trinajstić information content (AvgIpc) is 2.73. The number of nitrogens with zero attached hydrogens (tertiary/aromatic N) is 1. The number of thiazole rings is 1. The van der Waals surface area contributed by atoms with Crippen molar-refractivity contribution >= 4 is 11.3 Å². The van der Waals surface area contributed by atoms with Crippen molar-refractivity contribution in [1.29, 1.82) is 0 Å². The molecule has 0 spiro atoms. The van der Waals surface area contributed by atoms with Crippen LogP contribution in [-0.2, 0) is 10.3 Å². The van der Waals surface area contributed by atoms with Crippen molar-refractivity contribution < 1.29 is 4.74 Å². The maximum Gasteiger partial charge on any atom is 0.0883 e. The van der Waals surface area contributed by atoms with Crippen LogP contribution in [-0.4, -0.2) is 18.2 Å². The van der Waals surface area contributed by atoms with Gasteiger partial charge in [-0.25, -0.2) is 4.98 Å². The highest BCUT2D eigenvalue weighted by Crippen LogP contribution is 2.31. The lowest BCUT2D eigenvalue weighted by Crippen LogP contribution is -2.54. The highest BCUT2D eigenvalue weighted by molar-refractivity contribution is 7.13. The normalized spacial score (nSPS) is 17.8. The molecule has 4 heteroatoms. The maximum absolute atomic E-state index is 6.19. The molecule has 17 heavy (non-hydrogen) atoms. The molecule has 2 N–H and O–H groups in total. The summed E-state index contributed by atoms with van der Waals surface area (Å²) in [6.45, 7) is 3.27. The number of ether oxygens (including phenoxy) is 1. The van der Waals surface area contributed by atoms with E-state index in [1.54, 1.807) is 11.3 Å². The molecule has 88 valence electrons. The van der Waals surface area contributed by atoms with Crippen LogP contribution in [0.1, 0.15) is 11.3 Å². The summed E-state index contributed by atoms with van der Waals surface area (Å²) < 4.78 is 5.18. The number of hydrogen-bond donors (Lipinski definition) is 1. The number of rotatable bonds is 2. The highest BCUT2D eigenvalue weighted by Gasteiger charge is 2.35. The summed E-state index contributed by atoms with van der Waals surface area (Å²) in [7, 11) is 0. The monoisotopic (exact) mass is 246 g/mol. The first kappa shape index (κ1) is 10.9. The van der Waals surface area contributed by atoms with Crippen molar-refractivity contribution in [1.82, 2.24) is 4.98 Å². The Bertz CT molecular complexity index is 529. The SMILES string of the molecule is Cc1ncsc1-c1ccc(C2(N)COC2)cc1. The standard InChI is InChI=1S/C13H14N2OS/c1-9-12(17-8-15-9)10-2-4-11(5-3-10)13(14)6-16-7-13/h2-5,8H,6-7,14H2,1H3. The predicted octanol–water partition coefficient (Wildman–Crippen LogP) is 2.30. The van der Waals surface area contributed by atoms with Crippen LogP contribution in [0.3, 0.4) is 0 Å². The zero-order valence-electron chi connectivity index (χ0n) is 9.64. The minimum Gasteiger partial charge on any atom is -0.377 e. The van der Waals surface area contributed by atoms with Crippen LogP contribution in [0, 0.1) is 6.92 Å². The highest BCUT2D eigenvalue weighted by atomic mass is 32.1. The van der Waals surface area contributed by atoms with Gasteiger partial charge in [0.15, 0.2) is 0 Å². The Kier molecular flexibility index (Phi) is 2.50.